The summed E-state index contributed by atoms with van der Waals surface area (Å²) in [6.45, 7) is 16.3. The van der Waals surface area contributed by atoms with Crippen molar-refractivity contribution < 1.29 is 26.3 Å². The van der Waals surface area contributed by atoms with E-state index in [1.165, 1.54) is 22.3 Å². The molecule has 6 nitrogen and oxygen atoms in total. The number of rotatable bonds is 8. The molecule has 274 valence electrons. The summed E-state index contributed by atoms with van der Waals surface area (Å²) in [6, 6.07) is 32.2. The Morgan fingerprint density at radius 3 is 1.00 bits per heavy atom. The van der Waals surface area contributed by atoms with Crippen LogP contribution in [-0.2, 0) is 26.3 Å². The molecule has 0 bridgehead atoms. The summed E-state index contributed by atoms with van der Waals surface area (Å²) in [7, 11) is 19.1. The van der Waals surface area contributed by atoms with Crippen molar-refractivity contribution in [1.29, 1.82) is 0 Å². The second-order valence-electron chi connectivity index (χ2n) is 11.7. The maximum absolute atomic E-state index is 4.86. The molecule has 0 N–H and O–H groups in total. The van der Waals surface area contributed by atoms with Gasteiger partial charge in [0, 0.05) is 0 Å². The first kappa shape index (κ1) is 43.2. The van der Waals surface area contributed by atoms with Crippen molar-refractivity contribution in [3.05, 3.63) is 142 Å². The summed E-state index contributed by atoms with van der Waals surface area (Å²) in [5.74, 6) is 0. The maximum atomic E-state index is 4.86. The number of pyridine rings is 2. The van der Waals surface area contributed by atoms with E-state index >= 15 is 0 Å². The van der Waals surface area contributed by atoms with E-state index in [0.29, 0.717) is 0 Å². The molecule has 0 radical (unpaired) electrons. The summed E-state index contributed by atoms with van der Waals surface area (Å²) in [5.41, 5.74) is 15.1. The average molecular weight is 858 g/mol. The van der Waals surface area contributed by atoms with Gasteiger partial charge < -0.3 is 0 Å². The van der Waals surface area contributed by atoms with Gasteiger partial charge in [0.05, 0.1) is 68.4 Å². The Kier molecular flexibility index (Phi) is 18.4. The van der Waals surface area contributed by atoms with Gasteiger partial charge in [0.15, 0.2) is 0 Å². The normalized spacial score (nSPS) is 12.2. The molecule has 5 rings (SSSR count). The van der Waals surface area contributed by atoms with Crippen LogP contribution in [0.5, 0.6) is 0 Å². The molecule has 0 fully saturated rings. The second-order valence-corrected chi connectivity index (χ2v) is 15.3. The van der Waals surface area contributed by atoms with Gasteiger partial charge in [-0.05, 0) is 138 Å². The molecule has 2 aromatic heterocycles. The van der Waals surface area contributed by atoms with Crippen LogP contribution < -0.4 is 0 Å². The fraction of sp³-hybridized carbons (Fsp3) is 0.200. The van der Waals surface area contributed by atoms with Crippen LogP contribution >= 0.6 is 40.4 Å². The Morgan fingerprint density at radius 2 is 0.692 bits per heavy atom. The monoisotopic (exact) mass is 856 g/mol. The van der Waals surface area contributed by atoms with Crippen LogP contribution in [0.3, 0.4) is 0 Å². The number of nitrogens with zero attached hydrogens (tertiary/aromatic N) is 6. The fourth-order valence-corrected chi connectivity index (χ4v) is 4.97. The quantitative estimate of drug-likeness (QED) is 0.115. The summed E-state index contributed by atoms with van der Waals surface area (Å²) in [5, 5.41) is 0. The molecule has 0 aliphatic rings. The van der Waals surface area contributed by atoms with Crippen molar-refractivity contribution >= 4 is 86.0 Å². The van der Waals surface area contributed by atoms with Gasteiger partial charge >= 0.3 is 66.7 Å². The zero-order valence-corrected chi connectivity index (χ0v) is 35.4. The van der Waals surface area contributed by atoms with Gasteiger partial charge in [-0.25, -0.2) is 9.97 Å². The Hall–Kier alpha value is -3.16. The molecule has 0 saturated carbocycles. The molecule has 52 heavy (non-hydrogen) atoms. The van der Waals surface area contributed by atoms with Gasteiger partial charge in [0.1, 0.15) is 0 Å². The summed E-state index contributed by atoms with van der Waals surface area (Å²) >= 11 is 0.389. The number of aliphatic imine (C=N–C) groups is 4. The molecule has 0 atom stereocenters. The molecule has 3 aromatic carbocycles. The molecule has 0 amide bonds. The van der Waals surface area contributed by atoms with E-state index in [1.807, 2.05) is 113 Å². The Labute approximate surface area is 337 Å². The third-order valence-corrected chi connectivity index (χ3v) is 8.15. The number of aromatic nitrogens is 2. The van der Waals surface area contributed by atoms with Crippen molar-refractivity contribution in [3.63, 3.8) is 0 Å². The third-order valence-electron chi connectivity index (χ3n) is 8.15. The Balaban J connectivity index is 0.00000114. The molecule has 0 spiro atoms. The van der Waals surface area contributed by atoms with E-state index in [2.05, 4.69) is 39.8 Å². The van der Waals surface area contributed by atoms with Gasteiger partial charge in [-0.1, -0.05) is 36.4 Å². The molecule has 12 heteroatoms. The first-order valence-electron chi connectivity index (χ1n) is 16.0. The fourth-order valence-electron chi connectivity index (χ4n) is 4.97. The van der Waals surface area contributed by atoms with E-state index in [-0.39, 0.29) is 26.3 Å². The van der Waals surface area contributed by atoms with E-state index < -0.39 is 0 Å². The molecule has 0 aliphatic carbocycles. The molecule has 0 saturated heterocycles. The SMILES string of the molecule is CC(=Nc1ccc(N=C(C)c2cccc(C(C)=Nc3cccc(C)c3C)n2)cc1)c1cccc(C(C)=Nc2cccc(C)c2C)n1.[Cl][Fe][Cl].[Cl][Fe][Cl]. The molecular formula is C40H40Cl4Fe2N6. The van der Waals surface area contributed by atoms with Gasteiger partial charge in [0.25, 0.3) is 0 Å². The predicted molar refractivity (Wildman–Crippen MR) is 218 cm³/mol. The van der Waals surface area contributed by atoms with Crippen molar-refractivity contribution in [2.45, 2.75) is 55.4 Å². The van der Waals surface area contributed by atoms with Crippen LogP contribution in [0.25, 0.3) is 0 Å². The molecule has 5 aromatic rings. The van der Waals surface area contributed by atoms with E-state index in [4.69, 9.17) is 70.3 Å². The van der Waals surface area contributed by atoms with Crippen LogP contribution in [0.1, 0.15) is 72.7 Å². The standard InChI is InChI=1S/C40H40N6.4ClH.2Fe/c1-25-13-9-15-35(27(25)3)43-31(7)39-19-11-17-37(45-39)29(5)41-33-21-23-34(24-22-33)42-30(6)38-18-12-20-40(46-38)32(8)44-36-16-10-14-26(2)28(36)4;;;;;;/h9-24H,1-8H3;4*1H;;/q;;;;;2*+2/p-4. The van der Waals surface area contributed by atoms with Gasteiger partial charge in [-0.3, -0.25) is 20.0 Å². The minimum absolute atomic E-state index is 0.194. The Bertz CT molecular complexity index is 1930. The number of hydrogen-bond acceptors (Lipinski definition) is 6. The first-order chi connectivity index (χ1) is 24.9. The van der Waals surface area contributed by atoms with E-state index in [9.17, 15) is 0 Å². The number of halogens is 4. The zero-order chi connectivity index (χ0) is 38.2. The van der Waals surface area contributed by atoms with Crippen molar-refractivity contribution in [2.75, 3.05) is 0 Å². The first-order valence-corrected chi connectivity index (χ1v) is 22.1. The zero-order valence-electron chi connectivity index (χ0n) is 30.1. The summed E-state index contributed by atoms with van der Waals surface area (Å²) < 4.78 is 0. The van der Waals surface area contributed by atoms with Crippen LogP contribution in [0, 0.1) is 27.7 Å². The van der Waals surface area contributed by atoms with Crippen LogP contribution in [-0.4, -0.2) is 32.8 Å². The van der Waals surface area contributed by atoms with Gasteiger partial charge in [-0.15, -0.1) is 0 Å². The van der Waals surface area contributed by atoms with Crippen molar-refractivity contribution in [1.82, 2.24) is 9.97 Å². The van der Waals surface area contributed by atoms with Crippen LogP contribution in [0.4, 0.5) is 22.7 Å². The average Bonchev–Trinajstić information content (AvgIpc) is 3.13. The number of aryl methyl sites for hydroxylation is 2. The topological polar surface area (TPSA) is 75.2 Å². The predicted octanol–water partition coefficient (Wildman–Crippen LogP) is 13.0. The number of hydrogen-bond donors (Lipinski definition) is 0. The third kappa shape index (κ3) is 13.1. The van der Waals surface area contributed by atoms with E-state index in [0.717, 1.165) is 68.4 Å². The minimum atomic E-state index is 0.194. The van der Waals surface area contributed by atoms with E-state index in [1.54, 1.807) is 0 Å². The van der Waals surface area contributed by atoms with Gasteiger partial charge in [0.2, 0.25) is 0 Å². The summed E-state index contributed by atoms with van der Waals surface area (Å²) in [6.07, 6.45) is 0. The molecular weight excluding hydrogens is 818 g/mol. The molecule has 0 aliphatic heterocycles. The molecule has 2 heterocycles. The van der Waals surface area contributed by atoms with Crippen LogP contribution in [0.15, 0.2) is 117 Å². The van der Waals surface area contributed by atoms with Crippen molar-refractivity contribution in [3.8, 4) is 0 Å². The second kappa shape index (κ2) is 22.1. The van der Waals surface area contributed by atoms with Gasteiger partial charge in [-0.2, -0.15) is 0 Å². The van der Waals surface area contributed by atoms with Crippen molar-refractivity contribution in [2.24, 2.45) is 20.0 Å². The Morgan fingerprint density at radius 1 is 0.423 bits per heavy atom. The summed E-state index contributed by atoms with van der Waals surface area (Å²) in [4.78, 5) is 29.1. The van der Waals surface area contributed by atoms with Crippen LogP contribution in [0.2, 0.25) is 0 Å². The molecule has 0 unspecified atom stereocenters. The number of benzene rings is 3.